The lowest BCUT2D eigenvalue weighted by atomic mass is 10.0. The van der Waals surface area contributed by atoms with Gasteiger partial charge in [-0.25, -0.2) is 4.79 Å². The summed E-state index contributed by atoms with van der Waals surface area (Å²) in [5.41, 5.74) is -0.724. The number of aromatic nitrogens is 1. The molecule has 1 saturated heterocycles. The number of nitrogens with one attached hydrogen (secondary N) is 2. The molecule has 7 nitrogen and oxygen atoms in total. The SMILES string of the molecule is CC(C)N1C(=O)N[C@H]2[C@@H]3NC(=O)c4ccc(Br)n4[C@@H]3C[C@@]21O. The van der Waals surface area contributed by atoms with E-state index in [0.29, 0.717) is 12.1 Å². The van der Waals surface area contributed by atoms with Gasteiger partial charge in [0.2, 0.25) is 0 Å². The maximum atomic E-state index is 12.3. The van der Waals surface area contributed by atoms with Crippen LogP contribution in [0.3, 0.4) is 0 Å². The van der Waals surface area contributed by atoms with Gasteiger partial charge in [-0.3, -0.25) is 9.69 Å². The molecule has 8 heteroatoms. The van der Waals surface area contributed by atoms with Crippen LogP contribution in [0.25, 0.3) is 0 Å². The Morgan fingerprint density at radius 3 is 2.77 bits per heavy atom. The summed E-state index contributed by atoms with van der Waals surface area (Å²) < 4.78 is 2.71. The fourth-order valence-corrected chi connectivity index (χ4v) is 4.77. The third-order valence-corrected chi connectivity index (χ3v) is 5.59. The molecule has 118 valence electrons. The third kappa shape index (κ3) is 1.54. The number of aliphatic hydroxyl groups is 1. The summed E-state index contributed by atoms with van der Waals surface area (Å²) in [6, 6.07) is 2.22. The van der Waals surface area contributed by atoms with E-state index in [1.807, 2.05) is 24.5 Å². The minimum Gasteiger partial charge on any atom is -0.368 e. The quantitative estimate of drug-likeness (QED) is 0.685. The molecule has 1 aromatic rings. The lowest BCUT2D eigenvalue weighted by Gasteiger charge is -2.34. The summed E-state index contributed by atoms with van der Waals surface area (Å²) in [5, 5.41) is 17.0. The minimum absolute atomic E-state index is 0.103. The van der Waals surface area contributed by atoms with Gasteiger partial charge in [0.25, 0.3) is 5.91 Å². The smallest absolute Gasteiger partial charge is 0.320 e. The minimum atomic E-state index is -1.29. The van der Waals surface area contributed by atoms with Gasteiger partial charge in [0.15, 0.2) is 5.72 Å². The zero-order chi connectivity index (χ0) is 15.8. The Balaban J connectivity index is 1.81. The predicted molar refractivity (Wildman–Crippen MR) is 81.3 cm³/mol. The molecule has 1 saturated carbocycles. The summed E-state index contributed by atoms with van der Waals surface area (Å²) in [5.74, 6) is -0.187. The molecular weight excluding hydrogens is 352 g/mol. The van der Waals surface area contributed by atoms with E-state index >= 15 is 0 Å². The molecule has 0 bridgehead atoms. The Bertz CT molecular complexity index is 688. The lowest BCUT2D eigenvalue weighted by molar-refractivity contribution is -0.0801. The molecule has 0 aromatic carbocycles. The van der Waals surface area contributed by atoms with E-state index in [1.165, 1.54) is 4.90 Å². The van der Waals surface area contributed by atoms with Crippen molar-refractivity contribution in [1.82, 2.24) is 20.1 Å². The number of hydrogen-bond acceptors (Lipinski definition) is 3. The van der Waals surface area contributed by atoms with E-state index in [-0.39, 0.29) is 30.1 Å². The molecule has 0 unspecified atom stereocenters. The van der Waals surface area contributed by atoms with Crippen LogP contribution in [0.5, 0.6) is 0 Å². The third-order valence-electron chi connectivity index (χ3n) is 4.94. The highest BCUT2D eigenvalue weighted by molar-refractivity contribution is 9.10. The van der Waals surface area contributed by atoms with Crippen molar-refractivity contribution in [2.24, 2.45) is 0 Å². The lowest BCUT2D eigenvalue weighted by Crippen LogP contribution is -2.57. The number of halogens is 1. The van der Waals surface area contributed by atoms with Crippen molar-refractivity contribution >= 4 is 27.9 Å². The van der Waals surface area contributed by atoms with Crippen molar-refractivity contribution in [3.63, 3.8) is 0 Å². The fraction of sp³-hybridized carbons (Fsp3) is 0.571. The van der Waals surface area contributed by atoms with E-state index in [9.17, 15) is 14.7 Å². The second-order valence-corrected chi connectivity index (χ2v) is 7.26. The van der Waals surface area contributed by atoms with Crippen molar-refractivity contribution in [3.8, 4) is 0 Å². The van der Waals surface area contributed by atoms with Gasteiger partial charge in [-0.1, -0.05) is 0 Å². The van der Waals surface area contributed by atoms with Crippen molar-refractivity contribution in [2.75, 3.05) is 0 Å². The number of carbonyl (C=O) groups is 2. The molecule has 2 aliphatic heterocycles. The van der Waals surface area contributed by atoms with Gasteiger partial charge in [-0.05, 0) is 41.9 Å². The van der Waals surface area contributed by atoms with Gasteiger partial charge in [0.05, 0.1) is 16.7 Å². The van der Waals surface area contributed by atoms with Crippen molar-refractivity contribution in [2.45, 2.75) is 50.2 Å². The highest BCUT2D eigenvalue weighted by atomic mass is 79.9. The van der Waals surface area contributed by atoms with Crippen LogP contribution in [0, 0.1) is 0 Å². The standard InChI is InChI=1S/C14H17BrN4O3/c1-6(2)19-13(21)17-11-10-8(5-14(11,19)22)18-7(12(20)16-10)3-4-9(18)15/h3-4,6,8,10-11,22H,5H2,1-2H3,(H,16,20)(H,17,21)/t8-,10-,11+,14-/m1/s1. The molecule has 4 rings (SSSR count). The van der Waals surface area contributed by atoms with Crippen LogP contribution >= 0.6 is 15.9 Å². The zero-order valence-electron chi connectivity index (χ0n) is 12.2. The van der Waals surface area contributed by atoms with E-state index in [4.69, 9.17) is 0 Å². The molecule has 3 aliphatic rings. The molecule has 3 N–H and O–H groups in total. The Morgan fingerprint density at radius 2 is 2.09 bits per heavy atom. The van der Waals surface area contributed by atoms with Crippen LogP contribution < -0.4 is 10.6 Å². The second kappa shape index (κ2) is 4.26. The Hall–Kier alpha value is -1.54. The Kier molecular flexibility index (Phi) is 2.73. The first kappa shape index (κ1) is 14.1. The van der Waals surface area contributed by atoms with Crippen LogP contribution in [0.4, 0.5) is 4.79 Å². The van der Waals surface area contributed by atoms with E-state index in [2.05, 4.69) is 26.6 Å². The molecular formula is C14H17BrN4O3. The summed E-state index contributed by atoms with van der Waals surface area (Å²) >= 11 is 3.47. The van der Waals surface area contributed by atoms with Gasteiger partial charge in [0, 0.05) is 12.5 Å². The largest absolute Gasteiger partial charge is 0.368 e. The molecule has 3 heterocycles. The van der Waals surface area contributed by atoms with Crippen molar-refractivity contribution in [3.05, 3.63) is 22.4 Å². The number of nitrogens with zero attached hydrogens (tertiary/aromatic N) is 2. The summed E-state index contributed by atoms with van der Waals surface area (Å²) in [6.45, 7) is 3.75. The van der Waals surface area contributed by atoms with Gasteiger partial charge >= 0.3 is 6.03 Å². The van der Waals surface area contributed by atoms with Crippen LogP contribution in [0.15, 0.2) is 16.7 Å². The zero-order valence-corrected chi connectivity index (χ0v) is 13.8. The van der Waals surface area contributed by atoms with Crippen LogP contribution in [0.2, 0.25) is 0 Å². The Morgan fingerprint density at radius 1 is 1.36 bits per heavy atom. The normalized spacial score (nSPS) is 36.0. The molecule has 22 heavy (non-hydrogen) atoms. The van der Waals surface area contributed by atoms with Gasteiger partial charge in [-0.2, -0.15) is 0 Å². The van der Waals surface area contributed by atoms with Crippen LogP contribution in [-0.4, -0.2) is 50.4 Å². The monoisotopic (exact) mass is 368 g/mol. The average molecular weight is 369 g/mol. The number of urea groups is 1. The van der Waals surface area contributed by atoms with E-state index < -0.39 is 11.8 Å². The summed E-state index contributed by atoms with van der Waals surface area (Å²) in [7, 11) is 0. The number of amides is 3. The molecule has 3 amide bonds. The highest BCUT2D eigenvalue weighted by Gasteiger charge is 2.64. The number of fused-ring (bicyclic) bond motifs is 5. The van der Waals surface area contributed by atoms with Crippen molar-refractivity contribution < 1.29 is 14.7 Å². The summed E-state index contributed by atoms with van der Waals surface area (Å²) in [6.07, 6.45) is 0.375. The first-order valence-corrected chi connectivity index (χ1v) is 8.13. The Labute approximate surface area is 135 Å². The molecule has 1 aliphatic carbocycles. The number of hydrogen-bond donors (Lipinski definition) is 3. The maximum absolute atomic E-state index is 12.3. The molecule has 0 radical (unpaired) electrons. The predicted octanol–water partition coefficient (Wildman–Crippen LogP) is 0.798. The van der Waals surface area contributed by atoms with Crippen LogP contribution in [0.1, 0.15) is 36.8 Å². The van der Waals surface area contributed by atoms with Crippen molar-refractivity contribution in [1.29, 1.82) is 0 Å². The number of carbonyl (C=O) groups excluding carboxylic acids is 2. The highest BCUT2D eigenvalue weighted by Crippen LogP contribution is 2.47. The van der Waals surface area contributed by atoms with E-state index in [1.54, 1.807) is 6.07 Å². The molecule has 0 spiro atoms. The van der Waals surface area contributed by atoms with Gasteiger partial charge in [0.1, 0.15) is 11.7 Å². The first-order valence-electron chi connectivity index (χ1n) is 7.34. The maximum Gasteiger partial charge on any atom is 0.320 e. The molecule has 4 atom stereocenters. The number of rotatable bonds is 1. The topological polar surface area (TPSA) is 86.6 Å². The first-order chi connectivity index (χ1) is 10.3. The average Bonchev–Trinajstić information content (AvgIpc) is 2.99. The van der Waals surface area contributed by atoms with Gasteiger partial charge in [-0.15, -0.1) is 0 Å². The van der Waals surface area contributed by atoms with E-state index in [0.717, 1.165) is 4.60 Å². The summed E-state index contributed by atoms with van der Waals surface area (Å²) in [4.78, 5) is 25.9. The fourth-order valence-electron chi connectivity index (χ4n) is 4.19. The molecule has 1 aromatic heterocycles. The second-order valence-electron chi connectivity index (χ2n) is 6.45. The molecule has 2 fully saturated rings. The van der Waals surface area contributed by atoms with Crippen LogP contribution in [-0.2, 0) is 0 Å². The van der Waals surface area contributed by atoms with Gasteiger partial charge < -0.3 is 20.3 Å².